The first-order valence-electron chi connectivity index (χ1n) is 18.7. The fourth-order valence-electron chi connectivity index (χ4n) is 7.88. The fourth-order valence-corrected chi connectivity index (χ4v) is 7.88. The maximum atomic E-state index is 15.7. The zero-order valence-corrected chi connectivity index (χ0v) is 31.8. The molecule has 294 valence electrons. The molecule has 0 spiro atoms. The smallest absolute Gasteiger partial charge is 0.263 e. The van der Waals surface area contributed by atoms with Crippen molar-refractivity contribution >= 4 is 43.7 Å². The Bertz CT molecular complexity index is 3490. The maximum absolute atomic E-state index is 15.7. The largest absolute Gasteiger partial charge is 0.294 e. The molecule has 0 aliphatic heterocycles. The Balaban J connectivity index is 0.953. The van der Waals surface area contributed by atoms with Crippen LogP contribution in [0.2, 0.25) is 0 Å². The van der Waals surface area contributed by atoms with E-state index in [1.807, 2.05) is 12.1 Å². The highest BCUT2D eigenvalue weighted by Gasteiger charge is 2.23. The molecular formula is C45H30F4N9O2+. The van der Waals surface area contributed by atoms with Crippen LogP contribution in [-0.2, 0) is 27.2 Å². The first-order valence-corrected chi connectivity index (χ1v) is 18.7. The van der Waals surface area contributed by atoms with Gasteiger partial charge >= 0.3 is 0 Å². The SMILES string of the molecule is Cn1cc2c(-c3cc(F)c(Cn4cnc5nc(-n6c7cccc(-c8cc(F)c(Cn9cnc%10ccccc%10c9=O)c(F)c8)c7c[n+]6C)ccc5c4=O)c(F)c3)cccc2n1. The summed E-state index contributed by atoms with van der Waals surface area (Å²) < 4.78 is 70.0. The van der Waals surface area contributed by atoms with Gasteiger partial charge in [0, 0.05) is 29.8 Å². The molecule has 0 atom stereocenters. The number of nitrogens with zero attached hydrogens (tertiary/aromatic N) is 9. The molecule has 0 amide bonds. The molecule has 11 nitrogen and oxygen atoms in total. The Morgan fingerprint density at radius 2 is 1.20 bits per heavy atom. The molecule has 5 heterocycles. The normalized spacial score (nSPS) is 11.8. The first-order chi connectivity index (χ1) is 29.0. The number of hydrogen-bond donors (Lipinski definition) is 0. The molecule has 5 aromatic heterocycles. The highest BCUT2D eigenvalue weighted by molar-refractivity contribution is 5.95. The second-order valence-corrected chi connectivity index (χ2v) is 14.5. The van der Waals surface area contributed by atoms with Crippen LogP contribution in [-0.4, -0.2) is 38.5 Å². The van der Waals surface area contributed by atoms with E-state index in [4.69, 9.17) is 0 Å². The van der Waals surface area contributed by atoms with E-state index in [9.17, 15) is 9.59 Å². The van der Waals surface area contributed by atoms with Crippen molar-refractivity contribution < 1.29 is 22.2 Å². The van der Waals surface area contributed by atoms with Crippen LogP contribution in [0.5, 0.6) is 0 Å². The van der Waals surface area contributed by atoms with E-state index >= 15 is 17.6 Å². The first kappa shape index (κ1) is 36.5. The van der Waals surface area contributed by atoms with Crippen molar-refractivity contribution in [2.75, 3.05) is 0 Å². The maximum Gasteiger partial charge on any atom is 0.263 e. The number of para-hydroxylation sites is 1. The predicted octanol–water partition coefficient (Wildman–Crippen LogP) is 7.14. The molecule has 5 aromatic carbocycles. The third-order valence-electron chi connectivity index (χ3n) is 10.8. The molecule has 10 aromatic rings. The number of fused-ring (bicyclic) bond motifs is 4. The van der Waals surface area contributed by atoms with Gasteiger partial charge in [-0.15, -0.1) is 9.36 Å². The second kappa shape index (κ2) is 13.9. The second-order valence-electron chi connectivity index (χ2n) is 14.5. The summed E-state index contributed by atoms with van der Waals surface area (Å²) in [5, 5.41) is 6.25. The van der Waals surface area contributed by atoms with Crippen LogP contribution in [0, 0.1) is 23.3 Å². The summed E-state index contributed by atoms with van der Waals surface area (Å²) in [6.45, 7) is -0.748. The van der Waals surface area contributed by atoms with Crippen molar-refractivity contribution in [2.24, 2.45) is 14.1 Å². The van der Waals surface area contributed by atoms with Crippen LogP contribution in [0.25, 0.3) is 71.8 Å². The summed E-state index contributed by atoms with van der Waals surface area (Å²) in [5.74, 6) is -2.87. The molecule has 0 unspecified atom stereocenters. The number of aromatic nitrogens is 9. The van der Waals surface area contributed by atoms with Crippen molar-refractivity contribution in [3.05, 3.63) is 177 Å². The van der Waals surface area contributed by atoms with Crippen molar-refractivity contribution in [2.45, 2.75) is 13.1 Å². The number of benzene rings is 5. The van der Waals surface area contributed by atoms with Crippen molar-refractivity contribution in [3.8, 4) is 28.1 Å². The lowest BCUT2D eigenvalue weighted by atomic mass is 9.99. The van der Waals surface area contributed by atoms with Gasteiger partial charge in [0.05, 0.1) is 46.6 Å². The van der Waals surface area contributed by atoms with Gasteiger partial charge in [0.25, 0.3) is 11.1 Å². The summed E-state index contributed by atoms with van der Waals surface area (Å²) in [6, 6.07) is 25.6. The Kier molecular flexibility index (Phi) is 8.48. The molecular weight excluding hydrogens is 775 g/mol. The molecule has 10 rings (SSSR count). The number of halogens is 4. The Morgan fingerprint density at radius 1 is 0.617 bits per heavy atom. The van der Waals surface area contributed by atoms with E-state index in [0.29, 0.717) is 49.8 Å². The Hall–Kier alpha value is -7.81. The summed E-state index contributed by atoms with van der Waals surface area (Å²) in [4.78, 5) is 40.0. The molecule has 0 aliphatic rings. The Labute approximate surface area is 336 Å². The summed E-state index contributed by atoms with van der Waals surface area (Å²) in [7, 11) is 3.54. The Morgan fingerprint density at radius 3 is 1.88 bits per heavy atom. The summed E-state index contributed by atoms with van der Waals surface area (Å²) in [6.07, 6.45) is 6.06. The van der Waals surface area contributed by atoms with Crippen molar-refractivity contribution in [3.63, 3.8) is 0 Å². The third kappa shape index (κ3) is 6.01. The van der Waals surface area contributed by atoms with E-state index in [1.165, 1.54) is 41.5 Å². The molecule has 0 aliphatic carbocycles. The average molecular weight is 805 g/mol. The molecule has 60 heavy (non-hydrogen) atoms. The van der Waals surface area contributed by atoms with E-state index in [2.05, 4.69) is 20.1 Å². The van der Waals surface area contributed by atoms with Gasteiger partial charge in [-0.1, -0.05) is 36.4 Å². The van der Waals surface area contributed by atoms with Gasteiger partial charge in [0.2, 0.25) is 6.20 Å². The minimum Gasteiger partial charge on any atom is -0.294 e. The van der Waals surface area contributed by atoms with Gasteiger partial charge in [0.15, 0.2) is 18.5 Å². The lowest BCUT2D eigenvalue weighted by molar-refractivity contribution is -0.742. The zero-order valence-electron chi connectivity index (χ0n) is 31.8. The quantitative estimate of drug-likeness (QED) is 0.125. The number of rotatable bonds is 7. The minimum absolute atomic E-state index is 0.105. The fraction of sp³-hybridized carbons (Fsp3) is 0.0889. The van der Waals surface area contributed by atoms with Crippen LogP contribution in [0.15, 0.2) is 132 Å². The topological polar surface area (TPSA) is 109 Å². The molecule has 0 saturated heterocycles. The van der Waals surface area contributed by atoms with Gasteiger partial charge in [-0.3, -0.25) is 23.4 Å². The summed E-state index contributed by atoms with van der Waals surface area (Å²) in [5.41, 5.74) is 2.19. The van der Waals surface area contributed by atoms with Gasteiger partial charge in [0.1, 0.15) is 35.1 Å². The lowest BCUT2D eigenvalue weighted by Crippen LogP contribution is -2.37. The van der Waals surface area contributed by atoms with E-state index in [-0.39, 0.29) is 34.3 Å². The zero-order chi connectivity index (χ0) is 41.4. The number of aryl methyl sites for hydroxylation is 2. The van der Waals surface area contributed by atoms with Gasteiger partial charge in [-0.25, -0.2) is 32.5 Å². The number of pyridine rings is 1. The van der Waals surface area contributed by atoms with Crippen molar-refractivity contribution in [1.82, 2.24) is 38.5 Å². The summed E-state index contributed by atoms with van der Waals surface area (Å²) >= 11 is 0. The minimum atomic E-state index is -0.819. The van der Waals surface area contributed by atoms with E-state index in [0.717, 1.165) is 9.95 Å². The van der Waals surface area contributed by atoms with Crippen LogP contribution in [0.1, 0.15) is 11.1 Å². The average Bonchev–Trinajstić information content (AvgIpc) is 3.79. The lowest BCUT2D eigenvalue weighted by Gasteiger charge is -2.12. The van der Waals surface area contributed by atoms with E-state index in [1.54, 1.807) is 101 Å². The molecule has 0 N–H and O–H groups in total. The monoisotopic (exact) mass is 804 g/mol. The van der Waals surface area contributed by atoms with Gasteiger partial charge in [-0.05, 0) is 82.9 Å². The molecule has 0 saturated carbocycles. The molecule has 0 bridgehead atoms. The van der Waals surface area contributed by atoms with Crippen molar-refractivity contribution in [1.29, 1.82) is 0 Å². The standard InChI is InChI=1S/C45H30F4N9O2/c1-54-19-31-27(8-5-11-40(31)53-54)25-15-35(46)34(36(47)16-25)22-57-24-51-43-30(45(57)60)13-14-42(52-43)58-41-12-6-9-28(32(41)20-55(58)2)26-17-37(48)33(38(49)18-26)21-56-23-50-39-10-4-3-7-29(39)44(56)59/h3-20,23-24H,21-22H2,1-2H3/q+1. The van der Waals surface area contributed by atoms with Gasteiger partial charge in [-0.2, -0.15) is 5.10 Å². The number of hydrogen-bond acceptors (Lipinski definition) is 6. The van der Waals surface area contributed by atoms with Crippen LogP contribution in [0.3, 0.4) is 0 Å². The predicted molar refractivity (Wildman–Crippen MR) is 217 cm³/mol. The van der Waals surface area contributed by atoms with E-state index < -0.39 is 40.9 Å². The van der Waals surface area contributed by atoms with Crippen LogP contribution < -0.4 is 15.8 Å². The van der Waals surface area contributed by atoms with Gasteiger partial charge < -0.3 is 0 Å². The molecule has 0 fully saturated rings. The highest BCUT2D eigenvalue weighted by atomic mass is 19.1. The molecule has 0 radical (unpaired) electrons. The molecule has 15 heteroatoms. The third-order valence-corrected chi connectivity index (χ3v) is 10.8. The van der Waals surface area contributed by atoms with Crippen LogP contribution >= 0.6 is 0 Å². The highest BCUT2D eigenvalue weighted by Crippen LogP contribution is 2.33. The van der Waals surface area contributed by atoms with Crippen LogP contribution in [0.4, 0.5) is 17.6 Å².